The lowest BCUT2D eigenvalue weighted by molar-refractivity contribution is 0.376. The summed E-state index contributed by atoms with van der Waals surface area (Å²) in [6, 6.07) is 1.96. The highest BCUT2D eigenvalue weighted by Crippen LogP contribution is 2.27. The van der Waals surface area contributed by atoms with Crippen molar-refractivity contribution >= 4 is 0 Å². The molecule has 2 unspecified atom stereocenters. The summed E-state index contributed by atoms with van der Waals surface area (Å²) >= 11 is 0. The fraction of sp³-hybridized carbons (Fsp3) is 0.538. The quantitative estimate of drug-likeness (QED) is 0.778. The minimum absolute atomic E-state index is 0.167. The number of nitrogens with one attached hydrogen (secondary N) is 1. The van der Waals surface area contributed by atoms with Gasteiger partial charge in [-0.1, -0.05) is 20.3 Å². The van der Waals surface area contributed by atoms with Crippen LogP contribution in [0.5, 0.6) is 0 Å². The van der Waals surface area contributed by atoms with Gasteiger partial charge in [0.2, 0.25) is 0 Å². The van der Waals surface area contributed by atoms with E-state index >= 15 is 0 Å². The third-order valence-corrected chi connectivity index (χ3v) is 2.99. The first-order chi connectivity index (χ1) is 8.01. The average molecular weight is 245 g/mol. The topological polar surface area (TPSA) is 12.0 Å². The molecular formula is C13H18F3N. The maximum atomic E-state index is 13.1. The Kier molecular flexibility index (Phi) is 5.00. The number of rotatable bonds is 5. The van der Waals surface area contributed by atoms with E-state index < -0.39 is 17.5 Å². The molecule has 1 aromatic rings. The Bertz CT molecular complexity index is 356. The molecule has 1 rings (SSSR count). The molecule has 0 amide bonds. The van der Waals surface area contributed by atoms with Crippen molar-refractivity contribution in [3.63, 3.8) is 0 Å². The van der Waals surface area contributed by atoms with Crippen LogP contribution < -0.4 is 5.32 Å². The molecule has 17 heavy (non-hydrogen) atoms. The molecular weight excluding hydrogens is 227 g/mol. The van der Waals surface area contributed by atoms with Crippen molar-refractivity contribution in [3.05, 3.63) is 35.1 Å². The molecule has 0 aliphatic heterocycles. The van der Waals surface area contributed by atoms with Crippen LogP contribution in [0.2, 0.25) is 0 Å². The highest BCUT2D eigenvalue weighted by molar-refractivity contribution is 5.23. The van der Waals surface area contributed by atoms with Gasteiger partial charge in [-0.25, -0.2) is 13.2 Å². The molecule has 4 heteroatoms. The van der Waals surface area contributed by atoms with E-state index in [1.807, 2.05) is 6.92 Å². The van der Waals surface area contributed by atoms with Gasteiger partial charge in [-0.05, 0) is 37.1 Å². The highest BCUT2D eigenvalue weighted by atomic mass is 19.2. The summed E-state index contributed by atoms with van der Waals surface area (Å²) in [5.41, 5.74) is 0.449. The van der Waals surface area contributed by atoms with Gasteiger partial charge < -0.3 is 5.32 Å². The normalized spacial score (nSPS) is 14.7. The first-order valence-corrected chi connectivity index (χ1v) is 5.83. The monoisotopic (exact) mass is 245 g/mol. The average Bonchev–Trinajstić information content (AvgIpc) is 2.27. The van der Waals surface area contributed by atoms with Crippen molar-refractivity contribution in [1.29, 1.82) is 0 Å². The molecule has 0 radical (unpaired) electrons. The van der Waals surface area contributed by atoms with Crippen molar-refractivity contribution < 1.29 is 13.2 Å². The molecule has 1 aromatic carbocycles. The lowest BCUT2D eigenvalue weighted by Gasteiger charge is -2.24. The van der Waals surface area contributed by atoms with Crippen molar-refractivity contribution in [2.75, 3.05) is 7.05 Å². The maximum Gasteiger partial charge on any atom is 0.194 e. The van der Waals surface area contributed by atoms with Gasteiger partial charge in [-0.3, -0.25) is 0 Å². The first kappa shape index (κ1) is 14.0. The van der Waals surface area contributed by atoms with E-state index in [1.165, 1.54) is 0 Å². The van der Waals surface area contributed by atoms with Crippen LogP contribution in [-0.2, 0) is 0 Å². The SMILES string of the molecule is CCCC(C)C(NC)c1cc(F)c(F)c(F)c1. The second kappa shape index (κ2) is 6.05. The van der Waals surface area contributed by atoms with E-state index in [1.54, 1.807) is 7.05 Å². The van der Waals surface area contributed by atoms with Crippen LogP contribution in [0.25, 0.3) is 0 Å². The molecule has 0 fully saturated rings. The molecule has 0 aliphatic carbocycles. The van der Waals surface area contributed by atoms with E-state index in [9.17, 15) is 13.2 Å². The summed E-state index contributed by atoms with van der Waals surface area (Å²) in [6.45, 7) is 4.05. The molecule has 0 heterocycles. The van der Waals surface area contributed by atoms with Crippen molar-refractivity contribution in [2.45, 2.75) is 32.7 Å². The van der Waals surface area contributed by atoms with Crippen LogP contribution in [0.1, 0.15) is 38.3 Å². The van der Waals surface area contributed by atoms with Gasteiger partial charge in [-0.2, -0.15) is 0 Å². The Hall–Kier alpha value is -1.03. The number of hydrogen-bond donors (Lipinski definition) is 1. The van der Waals surface area contributed by atoms with Gasteiger partial charge in [0.15, 0.2) is 17.5 Å². The lowest BCUT2D eigenvalue weighted by Crippen LogP contribution is -2.24. The van der Waals surface area contributed by atoms with Crippen molar-refractivity contribution in [1.82, 2.24) is 5.32 Å². The zero-order chi connectivity index (χ0) is 13.0. The van der Waals surface area contributed by atoms with E-state index in [4.69, 9.17) is 0 Å². The molecule has 0 aliphatic rings. The summed E-state index contributed by atoms with van der Waals surface area (Å²) < 4.78 is 39.1. The Labute approximate surface area is 100 Å². The van der Waals surface area contributed by atoms with Gasteiger partial charge >= 0.3 is 0 Å². The Morgan fingerprint density at radius 2 is 1.71 bits per heavy atom. The predicted octanol–water partition coefficient (Wildman–Crippen LogP) is 3.80. The number of hydrogen-bond acceptors (Lipinski definition) is 1. The van der Waals surface area contributed by atoms with Gasteiger partial charge in [0.25, 0.3) is 0 Å². The molecule has 1 N–H and O–H groups in total. The Morgan fingerprint density at radius 3 is 2.12 bits per heavy atom. The summed E-state index contributed by atoms with van der Waals surface area (Å²) in [4.78, 5) is 0. The summed E-state index contributed by atoms with van der Waals surface area (Å²) in [5.74, 6) is -3.45. The van der Waals surface area contributed by atoms with Crippen molar-refractivity contribution in [3.8, 4) is 0 Å². The van der Waals surface area contributed by atoms with Crippen LogP contribution >= 0.6 is 0 Å². The third-order valence-electron chi connectivity index (χ3n) is 2.99. The Morgan fingerprint density at radius 1 is 1.18 bits per heavy atom. The lowest BCUT2D eigenvalue weighted by atomic mass is 9.91. The number of halogens is 3. The van der Waals surface area contributed by atoms with Crippen molar-refractivity contribution in [2.24, 2.45) is 5.92 Å². The smallest absolute Gasteiger partial charge is 0.194 e. The van der Waals surface area contributed by atoms with Crippen LogP contribution in [-0.4, -0.2) is 7.05 Å². The summed E-state index contributed by atoms with van der Waals surface area (Å²) in [6.07, 6.45) is 1.93. The summed E-state index contributed by atoms with van der Waals surface area (Å²) in [7, 11) is 1.73. The minimum Gasteiger partial charge on any atom is -0.313 e. The van der Waals surface area contributed by atoms with E-state index in [0.29, 0.717) is 5.56 Å². The molecule has 0 spiro atoms. The molecule has 0 bridgehead atoms. The zero-order valence-electron chi connectivity index (χ0n) is 10.4. The van der Waals surface area contributed by atoms with E-state index in [-0.39, 0.29) is 12.0 Å². The number of benzene rings is 1. The fourth-order valence-corrected chi connectivity index (χ4v) is 2.16. The fourth-order valence-electron chi connectivity index (χ4n) is 2.16. The molecule has 96 valence electrons. The van der Waals surface area contributed by atoms with Gasteiger partial charge in [-0.15, -0.1) is 0 Å². The first-order valence-electron chi connectivity index (χ1n) is 5.83. The predicted molar refractivity (Wildman–Crippen MR) is 62.2 cm³/mol. The zero-order valence-corrected chi connectivity index (χ0v) is 10.4. The van der Waals surface area contributed by atoms with Crippen LogP contribution in [0.15, 0.2) is 12.1 Å². The van der Waals surface area contributed by atoms with Gasteiger partial charge in [0.05, 0.1) is 0 Å². The van der Waals surface area contributed by atoms with Gasteiger partial charge in [0.1, 0.15) is 0 Å². The molecule has 0 saturated heterocycles. The second-order valence-electron chi connectivity index (χ2n) is 4.33. The third kappa shape index (κ3) is 3.22. The minimum atomic E-state index is -1.41. The highest BCUT2D eigenvalue weighted by Gasteiger charge is 2.20. The molecule has 0 aromatic heterocycles. The largest absolute Gasteiger partial charge is 0.313 e. The van der Waals surface area contributed by atoms with Gasteiger partial charge in [0, 0.05) is 6.04 Å². The van der Waals surface area contributed by atoms with Crippen LogP contribution in [0, 0.1) is 23.4 Å². The maximum absolute atomic E-state index is 13.1. The van der Waals surface area contributed by atoms with E-state index in [0.717, 1.165) is 25.0 Å². The van der Waals surface area contributed by atoms with E-state index in [2.05, 4.69) is 12.2 Å². The van der Waals surface area contributed by atoms with Crippen LogP contribution in [0.4, 0.5) is 13.2 Å². The van der Waals surface area contributed by atoms with Crippen LogP contribution in [0.3, 0.4) is 0 Å². The second-order valence-corrected chi connectivity index (χ2v) is 4.33. The molecule has 0 saturated carbocycles. The Balaban J connectivity index is 3.04. The molecule has 1 nitrogen and oxygen atoms in total. The summed E-state index contributed by atoms with van der Waals surface area (Å²) in [5, 5.41) is 3.02. The standard InChI is InChI=1S/C13H18F3N/c1-4-5-8(2)13(17-3)9-6-10(14)12(16)11(15)7-9/h6-8,13,17H,4-5H2,1-3H3. The molecule has 2 atom stereocenters.